The molecule has 0 amide bonds. The Balaban J connectivity index is 1.97. The summed E-state index contributed by atoms with van der Waals surface area (Å²) in [6, 6.07) is 5.30. The van der Waals surface area contributed by atoms with Gasteiger partial charge in [0.2, 0.25) is 0 Å². The fraction of sp³-hybridized carbons (Fsp3) is 0.500. The molecule has 1 N–H and O–H groups in total. The minimum absolute atomic E-state index is 0.00702. The first-order valence-corrected chi connectivity index (χ1v) is 7.59. The van der Waals surface area contributed by atoms with Gasteiger partial charge in [-0.1, -0.05) is 12.1 Å². The molecule has 0 aliphatic carbocycles. The summed E-state index contributed by atoms with van der Waals surface area (Å²) in [5.41, 5.74) is 1.29. The molecule has 0 saturated carbocycles. The van der Waals surface area contributed by atoms with E-state index in [1.807, 2.05) is 6.07 Å². The average Bonchev–Trinajstić information content (AvgIpc) is 2.51. The maximum atomic E-state index is 11.9. The molecule has 7 heteroatoms. The van der Waals surface area contributed by atoms with Crippen molar-refractivity contribution in [2.45, 2.75) is 25.6 Å². The van der Waals surface area contributed by atoms with E-state index in [1.54, 1.807) is 19.2 Å². The lowest BCUT2D eigenvalue weighted by molar-refractivity contribution is -0.124. The van der Waals surface area contributed by atoms with E-state index in [0.717, 1.165) is 5.56 Å². The predicted octanol–water partition coefficient (Wildman–Crippen LogP) is 1.30. The van der Waals surface area contributed by atoms with Crippen LogP contribution in [0.25, 0.3) is 0 Å². The number of ketones is 2. The Morgan fingerprint density at radius 3 is 2.87 bits per heavy atom. The Bertz CT molecular complexity index is 574. The van der Waals surface area contributed by atoms with E-state index >= 15 is 0 Å². The lowest BCUT2D eigenvalue weighted by atomic mass is 9.64. The van der Waals surface area contributed by atoms with Gasteiger partial charge in [-0.2, -0.15) is 0 Å². The molecular weight excluding hydrogens is 299 g/mol. The van der Waals surface area contributed by atoms with Crippen LogP contribution in [0.3, 0.4) is 0 Å². The number of hydrogen-bond acceptors (Lipinski definition) is 6. The molecule has 6 nitrogen and oxygen atoms in total. The van der Waals surface area contributed by atoms with E-state index in [-0.39, 0.29) is 30.4 Å². The monoisotopic (exact) mass is 320 g/mol. The highest BCUT2D eigenvalue weighted by atomic mass is 16.5. The summed E-state index contributed by atoms with van der Waals surface area (Å²) in [5, 5.41) is 10.1. The molecule has 0 aromatic heterocycles. The first kappa shape index (κ1) is 17.7. The van der Waals surface area contributed by atoms with E-state index in [1.165, 1.54) is 6.92 Å². The Hall–Kier alpha value is -1.70. The molecule has 124 valence electrons. The number of para-hydroxylation sites is 1. The van der Waals surface area contributed by atoms with Crippen LogP contribution in [0.4, 0.5) is 0 Å². The zero-order chi connectivity index (χ0) is 16.8. The van der Waals surface area contributed by atoms with Crippen LogP contribution >= 0.6 is 0 Å². The van der Waals surface area contributed by atoms with Crippen LogP contribution in [0, 0.1) is 0 Å². The SMILES string of the molecule is COCCOCC(=O)C[C@H]1Cc2cccc(C(C)=O)c2OB1O. The molecule has 1 aromatic carbocycles. The molecule has 1 atom stereocenters. The first-order chi connectivity index (χ1) is 11.0. The highest BCUT2D eigenvalue weighted by molar-refractivity contribution is 6.47. The number of hydrogen-bond donors (Lipinski definition) is 1. The van der Waals surface area contributed by atoms with Gasteiger partial charge in [-0.15, -0.1) is 0 Å². The van der Waals surface area contributed by atoms with E-state index in [2.05, 4.69) is 0 Å². The second-order valence-corrected chi connectivity index (χ2v) is 5.61. The van der Waals surface area contributed by atoms with E-state index in [4.69, 9.17) is 14.1 Å². The third kappa shape index (κ3) is 4.64. The Labute approximate surface area is 135 Å². The fourth-order valence-corrected chi connectivity index (χ4v) is 2.61. The van der Waals surface area contributed by atoms with Crippen LogP contribution < -0.4 is 4.65 Å². The second kappa shape index (κ2) is 8.24. The van der Waals surface area contributed by atoms with E-state index < -0.39 is 7.12 Å². The van der Waals surface area contributed by atoms with Crippen LogP contribution in [-0.2, 0) is 20.7 Å². The summed E-state index contributed by atoms with van der Waals surface area (Å²) < 4.78 is 15.5. The molecule has 0 bridgehead atoms. The van der Waals surface area contributed by atoms with Crippen molar-refractivity contribution >= 4 is 18.7 Å². The molecular formula is C16H21BO6. The third-order valence-corrected chi connectivity index (χ3v) is 3.78. The van der Waals surface area contributed by atoms with E-state index in [9.17, 15) is 14.6 Å². The third-order valence-electron chi connectivity index (χ3n) is 3.78. The number of methoxy groups -OCH3 is 1. The van der Waals surface area contributed by atoms with Crippen molar-refractivity contribution in [3.8, 4) is 5.75 Å². The van der Waals surface area contributed by atoms with Crippen molar-refractivity contribution in [1.82, 2.24) is 0 Å². The van der Waals surface area contributed by atoms with Crippen molar-refractivity contribution in [3.63, 3.8) is 0 Å². The van der Waals surface area contributed by atoms with Gasteiger partial charge in [0.1, 0.15) is 12.4 Å². The standard InChI is InChI=1S/C16H21BO6/c1-11(18)15-5-3-4-12-8-13(17(20)23-16(12)15)9-14(19)10-22-7-6-21-2/h3-5,13,20H,6-10H2,1-2H3/t13-/m1/s1. The summed E-state index contributed by atoms with van der Waals surface area (Å²) in [4.78, 5) is 23.5. The van der Waals surface area contributed by atoms with Crippen LogP contribution in [0.2, 0.25) is 5.82 Å². The molecule has 0 fully saturated rings. The lowest BCUT2D eigenvalue weighted by Crippen LogP contribution is -2.36. The minimum Gasteiger partial charge on any atom is -0.535 e. The number of rotatable bonds is 8. The maximum Gasteiger partial charge on any atom is 0.526 e. The molecule has 0 saturated heterocycles. The molecule has 0 radical (unpaired) electrons. The largest absolute Gasteiger partial charge is 0.535 e. The highest BCUT2D eigenvalue weighted by Crippen LogP contribution is 2.36. The van der Waals surface area contributed by atoms with Gasteiger partial charge in [0.25, 0.3) is 0 Å². The number of fused-ring (bicyclic) bond motifs is 1. The molecule has 0 unspecified atom stereocenters. The van der Waals surface area contributed by atoms with Gasteiger partial charge < -0.3 is 19.2 Å². The highest BCUT2D eigenvalue weighted by Gasteiger charge is 2.37. The normalized spacial score (nSPS) is 16.7. The molecule has 0 spiro atoms. The van der Waals surface area contributed by atoms with Gasteiger partial charge in [-0.3, -0.25) is 9.59 Å². The van der Waals surface area contributed by atoms with Crippen LogP contribution in [0.1, 0.15) is 29.3 Å². The predicted molar refractivity (Wildman–Crippen MR) is 84.8 cm³/mol. The summed E-state index contributed by atoms with van der Waals surface area (Å²) >= 11 is 0. The number of carbonyl (C=O) groups is 2. The summed E-state index contributed by atoms with van der Waals surface area (Å²) in [6.45, 7) is 2.24. The number of carbonyl (C=O) groups excluding carboxylic acids is 2. The quantitative estimate of drug-likeness (QED) is 0.442. The number of benzene rings is 1. The van der Waals surface area contributed by atoms with E-state index in [0.29, 0.717) is 30.9 Å². The minimum atomic E-state index is -1.11. The van der Waals surface area contributed by atoms with Crippen LogP contribution in [0.15, 0.2) is 18.2 Å². The van der Waals surface area contributed by atoms with Gasteiger partial charge in [-0.05, 0) is 25.0 Å². The lowest BCUT2D eigenvalue weighted by Gasteiger charge is -2.28. The van der Waals surface area contributed by atoms with Gasteiger partial charge >= 0.3 is 7.12 Å². The van der Waals surface area contributed by atoms with Crippen molar-refractivity contribution in [1.29, 1.82) is 0 Å². The molecule has 23 heavy (non-hydrogen) atoms. The van der Waals surface area contributed by atoms with Crippen LogP contribution in [-0.4, -0.2) is 50.6 Å². The Kier molecular flexibility index (Phi) is 6.33. The summed E-state index contributed by atoms with van der Waals surface area (Å²) in [5.74, 6) is -0.133. The zero-order valence-corrected chi connectivity index (χ0v) is 13.4. The molecule has 2 rings (SSSR count). The summed E-state index contributed by atoms with van der Waals surface area (Å²) in [6.07, 6.45) is 0.652. The number of Topliss-reactive ketones (excluding diaryl/α,β-unsaturated/α-hetero) is 2. The molecule has 1 aliphatic rings. The first-order valence-electron chi connectivity index (χ1n) is 7.59. The smallest absolute Gasteiger partial charge is 0.526 e. The topological polar surface area (TPSA) is 82.1 Å². The second-order valence-electron chi connectivity index (χ2n) is 5.61. The van der Waals surface area contributed by atoms with Gasteiger partial charge in [0.15, 0.2) is 11.6 Å². The zero-order valence-electron chi connectivity index (χ0n) is 13.4. The van der Waals surface area contributed by atoms with Crippen molar-refractivity contribution in [2.75, 3.05) is 26.9 Å². The summed E-state index contributed by atoms with van der Waals surface area (Å²) in [7, 11) is 0.458. The van der Waals surface area contributed by atoms with Crippen molar-refractivity contribution < 1.29 is 28.7 Å². The average molecular weight is 320 g/mol. The number of ether oxygens (including phenoxy) is 2. The van der Waals surface area contributed by atoms with Gasteiger partial charge in [0, 0.05) is 19.3 Å². The van der Waals surface area contributed by atoms with Gasteiger partial charge in [-0.25, -0.2) is 0 Å². The molecule has 1 aliphatic heterocycles. The van der Waals surface area contributed by atoms with Gasteiger partial charge in [0.05, 0.1) is 18.8 Å². The Morgan fingerprint density at radius 1 is 1.39 bits per heavy atom. The maximum absolute atomic E-state index is 11.9. The van der Waals surface area contributed by atoms with Crippen molar-refractivity contribution in [2.24, 2.45) is 0 Å². The Morgan fingerprint density at radius 2 is 2.17 bits per heavy atom. The van der Waals surface area contributed by atoms with Crippen molar-refractivity contribution in [3.05, 3.63) is 29.3 Å². The molecule has 1 aromatic rings. The fourth-order valence-electron chi connectivity index (χ4n) is 2.61. The van der Waals surface area contributed by atoms with Crippen LogP contribution in [0.5, 0.6) is 5.75 Å². The molecule has 1 heterocycles.